The molecular formula is C39H60N4O12S. The Kier molecular flexibility index (Phi) is 15.9. The number of cyclic esters (lactones) is 1. The van der Waals surface area contributed by atoms with Crippen LogP contribution in [0.15, 0.2) is 27.4 Å². The van der Waals surface area contributed by atoms with E-state index in [9.17, 15) is 24.6 Å². The molecule has 0 aliphatic carbocycles. The summed E-state index contributed by atoms with van der Waals surface area (Å²) in [5, 5.41) is 40.2. The molecule has 4 rings (SSSR count). The number of fused-ring (bicyclic) bond motifs is 5. The summed E-state index contributed by atoms with van der Waals surface area (Å²) >= 11 is 1.35. The van der Waals surface area contributed by atoms with Gasteiger partial charge in [0.25, 0.3) is 0 Å². The van der Waals surface area contributed by atoms with E-state index >= 15 is 0 Å². The molecule has 16 nitrogen and oxygen atoms in total. The smallest absolute Gasteiger partial charge is 0.316 e. The number of nitrogens with zero attached hydrogens (tertiary/aromatic N) is 4. The van der Waals surface area contributed by atoms with E-state index in [1.54, 1.807) is 26.8 Å². The fourth-order valence-electron chi connectivity index (χ4n) is 7.81. The summed E-state index contributed by atoms with van der Waals surface area (Å²) in [4.78, 5) is 54.4. The van der Waals surface area contributed by atoms with E-state index in [1.807, 2.05) is 38.9 Å². The van der Waals surface area contributed by atoms with Crippen molar-refractivity contribution in [2.75, 3.05) is 27.3 Å². The number of Topliss-reactive ketones (excluding diaryl/α,β-unsaturated/α-hetero) is 1. The van der Waals surface area contributed by atoms with Gasteiger partial charge >= 0.3 is 5.97 Å². The molecule has 3 saturated heterocycles. The van der Waals surface area contributed by atoms with Crippen LogP contribution in [0.5, 0.6) is 0 Å². The number of likely N-dealkylation sites (N-methyl/N-ethyl adjacent to an activating group) is 1. The monoisotopic (exact) mass is 808 g/mol. The van der Waals surface area contributed by atoms with Crippen molar-refractivity contribution in [3.05, 3.63) is 21.9 Å². The number of hydrogen-bond donors (Lipinski definition) is 3. The zero-order valence-corrected chi connectivity index (χ0v) is 35.0. The average Bonchev–Trinajstić information content (AvgIpc) is 3.57. The molecule has 0 saturated carbocycles. The summed E-state index contributed by atoms with van der Waals surface area (Å²) in [6, 6.07) is 3.26. The molecule has 4 heterocycles. The zero-order valence-electron chi connectivity index (χ0n) is 34.2. The molecule has 0 radical (unpaired) electrons. The van der Waals surface area contributed by atoms with E-state index < -0.39 is 77.3 Å². The molecule has 1 amide bonds. The van der Waals surface area contributed by atoms with Gasteiger partial charge in [0.05, 0.1) is 43.3 Å². The predicted molar refractivity (Wildman–Crippen MR) is 208 cm³/mol. The first kappa shape index (κ1) is 45.5. The maximum absolute atomic E-state index is 14.4. The fourth-order valence-corrected chi connectivity index (χ4v) is 8.59. The molecule has 2 bridgehead atoms. The predicted octanol–water partition coefficient (Wildman–Crippen LogP) is 3.75. The largest absolute Gasteiger partial charge is 0.459 e. The van der Waals surface area contributed by atoms with Gasteiger partial charge in [-0.05, 0) is 79.1 Å². The lowest BCUT2D eigenvalue weighted by Gasteiger charge is -2.47. The van der Waals surface area contributed by atoms with Crippen LogP contribution in [0.4, 0.5) is 0 Å². The minimum Gasteiger partial charge on any atom is -0.459 e. The van der Waals surface area contributed by atoms with E-state index in [-0.39, 0.29) is 56.9 Å². The molecule has 1 aromatic heterocycles. The van der Waals surface area contributed by atoms with Gasteiger partial charge in [0.2, 0.25) is 5.91 Å². The van der Waals surface area contributed by atoms with Gasteiger partial charge in [0.1, 0.15) is 29.4 Å². The lowest BCUT2D eigenvalue weighted by Crippen LogP contribution is -2.59. The molecule has 0 unspecified atom stereocenters. The molecule has 1 aromatic rings. The van der Waals surface area contributed by atoms with Crippen LogP contribution >= 0.6 is 11.3 Å². The van der Waals surface area contributed by atoms with Gasteiger partial charge in [-0.3, -0.25) is 14.4 Å². The summed E-state index contributed by atoms with van der Waals surface area (Å²) in [6.07, 6.45) is -3.79. The first-order valence-electron chi connectivity index (χ1n) is 19.2. The number of carbonyl (C=O) groups is 3. The maximum atomic E-state index is 14.4. The minimum absolute atomic E-state index is 0.0293. The van der Waals surface area contributed by atoms with Crippen molar-refractivity contribution in [2.24, 2.45) is 33.1 Å². The van der Waals surface area contributed by atoms with Gasteiger partial charge in [-0.2, -0.15) is 0 Å². The molecule has 3 aliphatic heterocycles. The number of aliphatic hydroxyl groups excluding tert-OH is 1. The molecule has 3 fully saturated rings. The lowest BCUT2D eigenvalue weighted by atomic mass is 9.76. The third-order valence-corrected chi connectivity index (χ3v) is 12.0. The second-order valence-electron chi connectivity index (χ2n) is 15.9. The zero-order chi connectivity index (χ0) is 41.5. The molecule has 314 valence electrons. The summed E-state index contributed by atoms with van der Waals surface area (Å²) in [7, 11) is 3.71. The number of ether oxygens (including phenoxy) is 5. The van der Waals surface area contributed by atoms with E-state index in [1.165, 1.54) is 38.3 Å². The van der Waals surface area contributed by atoms with Crippen molar-refractivity contribution in [1.29, 1.82) is 0 Å². The summed E-state index contributed by atoms with van der Waals surface area (Å²) in [5.74, 6) is -4.60. The van der Waals surface area contributed by atoms with Crippen LogP contribution in [0.2, 0.25) is 0 Å². The molecular weight excluding hydrogens is 749 g/mol. The SMILES string of the molecule is CC[C@@H]1OC(=O)[C@H](C)C(=O)[C@H](C)[C@@H](O[C@@H]2O[C@H](C)C[C@H](N(C)C)[C@H]2O)[C@@]2(C)C[C@@H](C)C(=NC(C)=O)C[C@H](OC/C(=N/OCc3ccc(/C=N/O)s3)CO2)[C@]1(C)O. The van der Waals surface area contributed by atoms with Crippen LogP contribution in [-0.2, 0) is 49.5 Å². The topological polar surface area (TPSA) is 208 Å². The van der Waals surface area contributed by atoms with Crippen molar-refractivity contribution in [3.8, 4) is 0 Å². The van der Waals surface area contributed by atoms with Crippen molar-refractivity contribution in [2.45, 2.75) is 142 Å². The molecule has 12 atom stereocenters. The van der Waals surface area contributed by atoms with E-state index in [0.29, 0.717) is 17.0 Å². The van der Waals surface area contributed by atoms with E-state index in [0.717, 1.165) is 4.88 Å². The highest BCUT2D eigenvalue weighted by Gasteiger charge is 2.51. The van der Waals surface area contributed by atoms with Crippen LogP contribution in [0.3, 0.4) is 0 Å². The van der Waals surface area contributed by atoms with Crippen LogP contribution in [0, 0.1) is 17.8 Å². The molecule has 17 heteroatoms. The van der Waals surface area contributed by atoms with Crippen LogP contribution < -0.4 is 0 Å². The first-order valence-corrected chi connectivity index (χ1v) is 20.0. The molecule has 3 N–H and O–H groups in total. The summed E-state index contributed by atoms with van der Waals surface area (Å²) < 4.78 is 32.1. The first-order chi connectivity index (χ1) is 26.3. The van der Waals surface area contributed by atoms with Gasteiger partial charge in [-0.15, -0.1) is 11.3 Å². The van der Waals surface area contributed by atoms with Gasteiger partial charge < -0.3 is 48.8 Å². The molecule has 0 spiro atoms. The second kappa shape index (κ2) is 19.5. The van der Waals surface area contributed by atoms with Gasteiger partial charge in [0, 0.05) is 40.8 Å². The van der Waals surface area contributed by atoms with E-state index in [2.05, 4.69) is 15.3 Å². The number of amides is 1. The van der Waals surface area contributed by atoms with Crippen molar-refractivity contribution >= 4 is 46.6 Å². The number of carbonyl (C=O) groups excluding carboxylic acids is 3. The molecule has 3 aliphatic rings. The quantitative estimate of drug-likeness (QED) is 0.113. The number of aliphatic hydroxyl groups is 2. The number of hydrogen-bond acceptors (Lipinski definition) is 16. The highest BCUT2D eigenvalue weighted by Crippen LogP contribution is 2.39. The summed E-state index contributed by atoms with van der Waals surface area (Å²) in [6.45, 7) is 12.9. The Hall–Kier alpha value is -3.16. The molecule has 56 heavy (non-hydrogen) atoms. The van der Waals surface area contributed by atoms with Crippen molar-refractivity contribution < 1.29 is 58.3 Å². The maximum Gasteiger partial charge on any atom is 0.316 e. The third kappa shape index (κ3) is 11.1. The lowest BCUT2D eigenvalue weighted by molar-refractivity contribution is -0.296. The Bertz CT molecular complexity index is 1610. The van der Waals surface area contributed by atoms with Gasteiger partial charge in [-0.1, -0.05) is 31.1 Å². The summed E-state index contributed by atoms with van der Waals surface area (Å²) in [5.41, 5.74) is -2.54. The fraction of sp³-hybridized carbons (Fsp3) is 0.744. The van der Waals surface area contributed by atoms with Crippen LogP contribution in [0.25, 0.3) is 0 Å². The minimum atomic E-state index is -1.83. The van der Waals surface area contributed by atoms with Crippen LogP contribution in [0.1, 0.15) is 90.8 Å². The highest BCUT2D eigenvalue weighted by atomic mass is 32.1. The molecule has 0 aromatic carbocycles. The Morgan fingerprint density at radius 1 is 1.14 bits per heavy atom. The Balaban J connectivity index is 1.89. The Morgan fingerprint density at radius 3 is 2.50 bits per heavy atom. The van der Waals surface area contributed by atoms with Gasteiger partial charge in [-0.25, -0.2) is 4.99 Å². The second-order valence-corrected chi connectivity index (χ2v) is 17.1. The van der Waals surface area contributed by atoms with Gasteiger partial charge in [0.15, 0.2) is 18.7 Å². The third-order valence-electron chi connectivity index (χ3n) is 11.0. The number of oxime groups is 2. The normalized spacial score (nSPS) is 38.3. The number of aliphatic imine (C=N–C) groups is 1. The standard InChI is InChI=1S/C39H60N4O12S/c1-11-31-39(8,48)32-15-29(41-25(6)44)21(2)16-38(7,51-19-26(18-50-32)42-52-20-28-13-12-27(56-28)17-40-49)35(23(4)33(45)24(5)36(47)54-31)55-37-34(46)30(43(9)10)14-22(3)53-37/h12-13,17,21-24,30-32,34-35,37,46,48-49H,11,14-16,18-20H2,1-10H3/b40-17+,41-29?,42-26-/t21-,22-,23+,24-,30+,31+,32+,34-,35-,37+,38-,39-/m1/s1. The van der Waals surface area contributed by atoms with Crippen molar-refractivity contribution in [3.63, 3.8) is 0 Å². The Morgan fingerprint density at radius 2 is 1.86 bits per heavy atom. The average molecular weight is 809 g/mol. The number of rotatable bonds is 8. The number of esters is 1. The van der Waals surface area contributed by atoms with Crippen LogP contribution in [-0.4, -0.2) is 137 Å². The van der Waals surface area contributed by atoms with E-state index in [4.69, 9.17) is 33.7 Å². The van der Waals surface area contributed by atoms with Crippen molar-refractivity contribution in [1.82, 2.24) is 4.90 Å². The number of ketones is 1. The Labute approximate surface area is 333 Å². The number of thiophene rings is 1. The highest BCUT2D eigenvalue weighted by molar-refractivity contribution is 7.13.